The van der Waals surface area contributed by atoms with Crippen LogP contribution in [0.3, 0.4) is 0 Å². The third kappa shape index (κ3) is 4.26. The number of rotatable bonds is 1. The van der Waals surface area contributed by atoms with Gasteiger partial charge in [-0.15, -0.1) is 0 Å². The number of alkyl halides is 3. The summed E-state index contributed by atoms with van der Waals surface area (Å²) >= 11 is 5.73. The Labute approximate surface area is 119 Å². The quantitative estimate of drug-likeness (QED) is 0.733. The largest absolute Gasteiger partial charge is 0.443 e. The third-order valence-corrected chi connectivity index (χ3v) is 2.47. The first-order valence-corrected chi connectivity index (χ1v) is 5.99. The lowest BCUT2D eigenvalue weighted by Crippen LogP contribution is -2.34. The molecule has 0 aliphatic rings. The molecule has 0 saturated heterocycles. The van der Waals surface area contributed by atoms with E-state index in [9.17, 15) is 18.0 Å². The molecule has 0 radical (unpaired) electrons. The molecular formula is C12H14ClF3N2O2. The molecule has 112 valence electrons. The number of anilines is 1. The van der Waals surface area contributed by atoms with E-state index in [1.54, 1.807) is 20.8 Å². The zero-order valence-electron chi connectivity index (χ0n) is 11.4. The Balaban J connectivity index is 3.09. The fourth-order valence-electron chi connectivity index (χ4n) is 1.26. The predicted octanol–water partition coefficient (Wildman–Crippen LogP) is 4.13. The number of nitrogens with zero attached hydrogens (tertiary/aromatic N) is 2. The van der Waals surface area contributed by atoms with Crippen molar-refractivity contribution < 1.29 is 22.7 Å². The van der Waals surface area contributed by atoms with Crippen molar-refractivity contribution in [1.29, 1.82) is 0 Å². The van der Waals surface area contributed by atoms with Crippen LogP contribution in [0.15, 0.2) is 12.3 Å². The van der Waals surface area contributed by atoms with Crippen LogP contribution in [0.1, 0.15) is 26.3 Å². The molecule has 0 fully saturated rings. The average molecular weight is 311 g/mol. The van der Waals surface area contributed by atoms with Gasteiger partial charge in [-0.3, -0.25) is 4.90 Å². The van der Waals surface area contributed by atoms with Gasteiger partial charge in [0.1, 0.15) is 5.60 Å². The molecule has 0 atom stereocenters. The van der Waals surface area contributed by atoms with Gasteiger partial charge in [0.25, 0.3) is 0 Å². The van der Waals surface area contributed by atoms with E-state index in [1.807, 2.05) is 0 Å². The van der Waals surface area contributed by atoms with Gasteiger partial charge >= 0.3 is 12.3 Å². The number of pyridine rings is 1. The van der Waals surface area contributed by atoms with Crippen LogP contribution < -0.4 is 4.90 Å². The molecule has 0 aromatic carbocycles. The van der Waals surface area contributed by atoms with E-state index in [-0.39, 0.29) is 10.8 Å². The van der Waals surface area contributed by atoms with Crippen molar-refractivity contribution in [2.24, 2.45) is 0 Å². The van der Waals surface area contributed by atoms with Crippen LogP contribution in [0.25, 0.3) is 0 Å². The molecule has 0 bridgehead atoms. The highest BCUT2D eigenvalue weighted by molar-refractivity contribution is 6.32. The number of carbonyl (C=O) groups is 1. The van der Waals surface area contributed by atoms with E-state index in [1.165, 1.54) is 7.05 Å². The Kier molecular flexibility index (Phi) is 4.53. The molecule has 1 heterocycles. The van der Waals surface area contributed by atoms with Crippen LogP contribution in [-0.2, 0) is 10.9 Å². The van der Waals surface area contributed by atoms with Gasteiger partial charge in [0.05, 0.1) is 11.3 Å². The SMILES string of the molecule is CN(C(=O)OC(C)(C)C)c1cc(C(F)(F)F)cnc1Cl. The van der Waals surface area contributed by atoms with Crippen LogP contribution in [-0.4, -0.2) is 23.7 Å². The lowest BCUT2D eigenvalue weighted by Gasteiger charge is -2.25. The molecule has 0 saturated carbocycles. The van der Waals surface area contributed by atoms with E-state index in [0.29, 0.717) is 6.20 Å². The van der Waals surface area contributed by atoms with Crippen LogP contribution in [0.5, 0.6) is 0 Å². The van der Waals surface area contributed by atoms with Gasteiger partial charge in [-0.25, -0.2) is 9.78 Å². The Bertz CT molecular complexity index is 512. The lowest BCUT2D eigenvalue weighted by atomic mass is 10.2. The summed E-state index contributed by atoms with van der Waals surface area (Å²) in [6, 6.07) is 0.749. The zero-order chi connectivity index (χ0) is 15.7. The van der Waals surface area contributed by atoms with Gasteiger partial charge in [0, 0.05) is 13.2 Å². The van der Waals surface area contributed by atoms with Gasteiger partial charge < -0.3 is 4.74 Å². The molecular weight excluding hydrogens is 297 g/mol. The van der Waals surface area contributed by atoms with Crippen molar-refractivity contribution in [3.63, 3.8) is 0 Å². The third-order valence-electron chi connectivity index (χ3n) is 2.18. The summed E-state index contributed by atoms with van der Waals surface area (Å²) in [4.78, 5) is 16.1. The van der Waals surface area contributed by atoms with Crippen LogP contribution in [0, 0.1) is 0 Å². The van der Waals surface area contributed by atoms with Crippen LogP contribution >= 0.6 is 11.6 Å². The molecule has 0 unspecified atom stereocenters. The average Bonchev–Trinajstić information content (AvgIpc) is 2.24. The maximum atomic E-state index is 12.6. The van der Waals surface area contributed by atoms with Crippen molar-refractivity contribution in [2.45, 2.75) is 32.5 Å². The maximum absolute atomic E-state index is 12.6. The Morgan fingerprint density at radius 2 is 1.90 bits per heavy atom. The molecule has 20 heavy (non-hydrogen) atoms. The van der Waals surface area contributed by atoms with Crippen LogP contribution in [0.2, 0.25) is 5.15 Å². The number of amides is 1. The Hall–Kier alpha value is -1.50. The summed E-state index contributed by atoms with van der Waals surface area (Å²) in [6.07, 6.45) is -4.78. The van der Waals surface area contributed by atoms with Crippen molar-refractivity contribution >= 4 is 23.4 Å². The van der Waals surface area contributed by atoms with Gasteiger partial charge in [0.15, 0.2) is 5.15 Å². The van der Waals surface area contributed by atoms with Gasteiger partial charge in [-0.1, -0.05) is 11.6 Å². The molecule has 1 rings (SSSR count). The topological polar surface area (TPSA) is 42.4 Å². The van der Waals surface area contributed by atoms with Crippen molar-refractivity contribution in [2.75, 3.05) is 11.9 Å². The molecule has 1 amide bonds. The lowest BCUT2D eigenvalue weighted by molar-refractivity contribution is -0.137. The molecule has 0 aliphatic heterocycles. The summed E-state index contributed by atoms with van der Waals surface area (Å²) in [6.45, 7) is 4.93. The van der Waals surface area contributed by atoms with Gasteiger partial charge in [-0.2, -0.15) is 13.2 Å². The number of carbonyl (C=O) groups excluding carboxylic acids is 1. The second-order valence-corrected chi connectivity index (χ2v) is 5.43. The fraction of sp³-hybridized carbons (Fsp3) is 0.500. The zero-order valence-corrected chi connectivity index (χ0v) is 12.1. The summed E-state index contributed by atoms with van der Waals surface area (Å²) in [5, 5.41) is -0.216. The highest BCUT2D eigenvalue weighted by Gasteiger charge is 2.33. The minimum Gasteiger partial charge on any atom is -0.443 e. The van der Waals surface area contributed by atoms with E-state index in [4.69, 9.17) is 16.3 Å². The fourth-order valence-corrected chi connectivity index (χ4v) is 1.49. The maximum Gasteiger partial charge on any atom is 0.417 e. The predicted molar refractivity (Wildman–Crippen MR) is 68.9 cm³/mol. The summed E-state index contributed by atoms with van der Waals surface area (Å²) < 4.78 is 42.9. The first kappa shape index (κ1) is 16.6. The Morgan fingerprint density at radius 1 is 1.35 bits per heavy atom. The second-order valence-electron chi connectivity index (χ2n) is 5.07. The monoisotopic (exact) mass is 310 g/mol. The number of aromatic nitrogens is 1. The molecule has 8 heteroatoms. The summed E-state index contributed by atoms with van der Waals surface area (Å²) in [7, 11) is 1.26. The molecule has 4 nitrogen and oxygen atoms in total. The van der Waals surface area contributed by atoms with E-state index in [2.05, 4.69) is 4.98 Å². The van der Waals surface area contributed by atoms with Crippen molar-refractivity contribution in [3.8, 4) is 0 Å². The molecule has 1 aromatic rings. The number of halogens is 4. The molecule has 1 aromatic heterocycles. The normalized spacial score (nSPS) is 12.2. The van der Waals surface area contributed by atoms with Gasteiger partial charge in [0.2, 0.25) is 0 Å². The minimum absolute atomic E-state index is 0.171. The first-order chi connectivity index (χ1) is 8.92. The minimum atomic E-state index is -4.57. The highest BCUT2D eigenvalue weighted by Crippen LogP contribution is 2.34. The first-order valence-electron chi connectivity index (χ1n) is 5.61. The second kappa shape index (κ2) is 5.47. The summed E-state index contributed by atoms with van der Waals surface area (Å²) in [5.41, 5.74) is -1.93. The van der Waals surface area contributed by atoms with Crippen molar-refractivity contribution in [3.05, 3.63) is 23.0 Å². The summed E-state index contributed by atoms with van der Waals surface area (Å²) in [5.74, 6) is 0. The van der Waals surface area contributed by atoms with E-state index >= 15 is 0 Å². The molecule has 0 aliphatic carbocycles. The van der Waals surface area contributed by atoms with Crippen LogP contribution in [0.4, 0.5) is 23.7 Å². The van der Waals surface area contributed by atoms with E-state index < -0.39 is 23.4 Å². The molecule has 0 spiro atoms. The molecule has 0 N–H and O–H groups in total. The number of hydrogen-bond donors (Lipinski definition) is 0. The van der Waals surface area contributed by atoms with Gasteiger partial charge in [-0.05, 0) is 26.8 Å². The standard InChI is InChI=1S/C12H14ClF3N2O2/c1-11(2,3)20-10(19)18(4)8-5-7(12(14,15)16)6-17-9(8)13/h5-6H,1-4H3. The highest BCUT2D eigenvalue weighted by atomic mass is 35.5. The number of hydrogen-bond acceptors (Lipinski definition) is 3. The smallest absolute Gasteiger partial charge is 0.417 e. The number of ether oxygens (including phenoxy) is 1. The Morgan fingerprint density at radius 3 is 2.35 bits per heavy atom. The van der Waals surface area contributed by atoms with E-state index in [0.717, 1.165) is 11.0 Å². The van der Waals surface area contributed by atoms with Crippen molar-refractivity contribution in [1.82, 2.24) is 4.98 Å².